The van der Waals surface area contributed by atoms with Gasteiger partial charge < -0.3 is 29.3 Å². The van der Waals surface area contributed by atoms with Crippen LogP contribution < -0.4 is 5.11 Å². The van der Waals surface area contributed by atoms with Gasteiger partial charge in [-0.2, -0.15) is 0 Å². The third-order valence-electron chi connectivity index (χ3n) is 6.48. The number of likely N-dealkylation sites (N-methyl/N-ethyl adjacent to an activating group) is 1. The van der Waals surface area contributed by atoms with Crippen LogP contribution in [0.25, 0.3) is 0 Å². The minimum absolute atomic E-state index is 0.00882. The lowest BCUT2D eigenvalue weighted by Gasteiger charge is -2.49. The smallest absolute Gasteiger partial charge is 0.341 e. The third kappa shape index (κ3) is 2.82. The molecule has 2 fully saturated rings. The van der Waals surface area contributed by atoms with Crippen LogP contribution in [0.1, 0.15) is 26.7 Å². The van der Waals surface area contributed by atoms with Gasteiger partial charge in [0.25, 0.3) is 0 Å². The molecule has 3 aliphatic rings. The minimum Gasteiger partial charge on any atom is -0.797 e. The summed E-state index contributed by atoms with van der Waals surface area (Å²) in [4.78, 5) is 25.2. The van der Waals surface area contributed by atoms with E-state index in [2.05, 4.69) is 0 Å². The number of carbonyl (C=O) groups is 2. The Bertz CT molecular complexity index is 717. The SMILES string of the molecule is C/C=C1/C[C@@H](C)[C@](O)(CO)C(=O)OCC2=CC[N+]3(C)CC[C@@H](OC1=O)C23[O-]. The first-order valence-corrected chi connectivity index (χ1v) is 9.23. The second kappa shape index (κ2) is 6.70. The first-order chi connectivity index (χ1) is 12.6. The summed E-state index contributed by atoms with van der Waals surface area (Å²) < 4.78 is 11.0. The number of aliphatic hydroxyl groups is 2. The third-order valence-corrected chi connectivity index (χ3v) is 6.48. The molecule has 0 saturated carbocycles. The molecule has 3 rings (SSSR count). The fourth-order valence-corrected chi connectivity index (χ4v) is 4.36. The fourth-order valence-electron chi connectivity index (χ4n) is 4.36. The molecule has 2 saturated heterocycles. The van der Waals surface area contributed by atoms with E-state index in [0.717, 1.165) is 0 Å². The zero-order chi connectivity index (χ0) is 20.0. The summed E-state index contributed by atoms with van der Waals surface area (Å²) in [5.41, 5.74) is -3.31. The lowest BCUT2D eigenvalue weighted by molar-refractivity contribution is -1.01. The summed E-state index contributed by atoms with van der Waals surface area (Å²) in [6.07, 6.45) is 2.85. The van der Waals surface area contributed by atoms with Gasteiger partial charge in [0.15, 0.2) is 11.7 Å². The molecule has 0 aromatic rings. The molecule has 2 N–H and O–H groups in total. The van der Waals surface area contributed by atoms with Gasteiger partial charge >= 0.3 is 11.9 Å². The number of rotatable bonds is 1. The highest BCUT2D eigenvalue weighted by Gasteiger charge is 2.58. The van der Waals surface area contributed by atoms with Crippen LogP contribution in [0.15, 0.2) is 23.3 Å². The van der Waals surface area contributed by atoms with Gasteiger partial charge in [0.05, 0.1) is 32.5 Å². The Morgan fingerprint density at radius 3 is 2.78 bits per heavy atom. The van der Waals surface area contributed by atoms with E-state index < -0.39 is 41.9 Å². The fraction of sp³-hybridized carbons (Fsp3) is 0.684. The van der Waals surface area contributed by atoms with Gasteiger partial charge in [-0.25, -0.2) is 9.59 Å². The highest BCUT2D eigenvalue weighted by atomic mass is 16.6. The standard InChI is InChI=1S/C19H27NO7/c1-4-13-9-12(2)18(24,11-21)17(23)26-10-14-5-7-20(3)8-6-15(19(14,20)25)27-16(13)22/h4-5,12,15,21,24H,6-11H2,1-3H3/b13-4-/t12-,15-,18-,19?,20?/m1/s1. The van der Waals surface area contributed by atoms with Crippen molar-refractivity contribution in [2.75, 3.05) is 33.4 Å². The molecule has 27 heavy (non-hydrogen) atoms. The summed E-state index contributed by atoms with van der Waals surface area (Å²) in [7, 11) is 1.81. The molecular weight excluding hydrogens is 354 g/mol. The number of aliphatic hydroxyl groups excluding tert-OH is 1. The molecule has 0 spiro atoms. The van der Waals surface area contributed by atoms with Gasteiger partial charge in [-0.05, 0) is 19.4 Å². The predicted molar refractivity (Wildman–Crippen MR) is 91.8 cm³/mol. The van der Waals surface area contributed by atoms with Crippen molar-refractivity contribution in [1.82, 2.24) is 0 Å². The minimum atomic E-state index is -2.17. The van der Waals surface area contributed by atoms with Crippen molar-refractivity contribution in [2.45, 2.75) is 44.1 Å². The number of ether oxygens (including phenoxy) is 2. The van der Waals surface area contributed by atoms with Gasteiger partial charge in [-0.15, -0.1) is 0 Å². The second-order valence-corrected chi connectivity index (χ2v) is 7.99. The first-order valence-electron chi connectivity index (χ1n) is 9.23. The summed E-state index contributed by atoms with van der Waals surface area (Å²) >= 11 is 0. The van der Waals surface area contributed by atoms with Crippen molar-refractivity contribution in [3.8, 4) is 0 Å². The van der Waals surface area contributed by atoms with Crippen molar-refractivity contribution in [3.63, 3.8) is 0 Å². The average Bonchev–Trinajstić information content (AvgIpc) is 3.04. The van der Waals surface area contributed by atoms with Gasteiger partial charge in [0, 0.05) is 23.5 Å². The highest BCUT2D eigenvalue weighted by Crippen LogP contribution is 2.43. The van der Waals surface area contributed by atoms with Crippen molar-refractivity contribution in [1.29, 1.82) is 0 Å². The van der Waals surface area contributed by atoms with Crippen LogP contribution in [0.3, 0.4) is 0 Å². The molecule has 0 bridgehead atoms. The lowest BCUT2D eigenvalue weighted by Crippen LogP contribution is -2.69. The Hall–Kier alpha value is -1.74. The Balaban J connectivity index is 2.02. The van der Waals surface area contributed by atoms with E-state index in [1.54, 1.807) is 33.0 Å². The van der Waals surface area contributed by atoms with Gasteiger partial charge in [0.2, 0.25) is 0 Å². The molecule has 2 unspecified atom stereocenters. The molecule has 0 aromatic carbocycles. The molecule has 5 atom stereocenters. The number of quaternary nitrogens is 1. The maximum absolute atomic E-state index is 13.8. The van der Waals surface area contributed by atoms with E-state index in [9.17, 15) is 24.9 Å². The second-order valence-electron chi connectivity index (χ2n) is 7.99. The maximum Gasteiger partial charge on any atom is 0.341 e. The number of allylic oxidation sites excluding steroid dienone is 1. The number of hydrogen-bond acceptors (Lipinski definition) is 7. The monoisotopic (exact) mass is 381 g/mol. The van der Waals surface area contributed by atoms with Gasteiger partial charge in [-0.1, -0.05) is 13.0 Å². The molecule has 3 aliphatic heterocycles. The van der Waals surface area contributed by atoms with Crippen molar-refractivity contribution < 1.29 is 38.9 Å². The normalized spacial score (nSPS) is 44.1. The highest BCUT2D eigenvalue weighted by molar-refractivity contribution is 5.89. The zero-order valence-corrected chi connectivity index (χ0v) is 15.9. The Morgan fingerprint density at radius 1 is 1.44 bits per heavy atom. The molecule has 8 heteroatoms. The number of esters is 2. The van der Waals surface area contributed by atoms with Crippen LogP contribution in [-0.4, -0.2) is 77.4 Å². The number of cyclic esters (lactones) is 1. The number of nitrogens with zero attached hydrogens (tertiary/aromatic N) is 1. The molecule has 0 aliphatic carbocycles. The van der Waals surface area contributed by atoms with E-state index in [1.165, 1.54) is 0 Å². The van der Waals surface area contributed by atoms with Crippen LogP contribution >= 0.6 is 0 Å². The molecule has 0 aromatic heterocycles. The van der Waals surface area contributed by atoms with Gasteiger partial charge in [0.1, 0.15) is 6.61 Å². The Kier molecular flexibility index (Phi) is 4.96. The van der Waals surface area contributed by atoms with Crippen LogP contribution in [0, 0.1) is 5.92 Å². The molecule has 3 heterocycles. The Morgan fingerprint density at radius 2 is 2.15 bits per heavy atom. The predicted octanol–water partition coefficient (Wildman–Crippen LogP) is -1.00. The average molecular weight is 381 g/mol. The van der Waals surface area contributed by atoms with Crippen LogP contribution in [0.5, 0.6) is 0 Å². The summed E-state index contributed by atoms with van der Waals surface area (Å²) in [5, 5.41) is 34.1. The first kappa shape index (κ1) is 20.0. The van der Waals surface area contributed by atoms with E-state index in [4.69, 9.17) is 9.47 Å². The Labute approximate surface area is 158 Å². The quantitative estimate of drug-likeness (QED) is 0.259. The topological polar surface area (TPSA) is 116 Å². The van der Waals surface area contributed by atoms with E-state index in [-0.39, 0.29) is 23.1 Å². The molecule has 0 amide bonds. The number of hydrogen-bond donors (Lipinski definition) is 2. The molecular formula is C19H27NO7. The van der Waals surface area contributed by atoms with Crippen molar-refractivity contribution in [2.24, 2.45) is 5.92 Å². The van der Waals surface area contributed by atoms with E-state index in [1.807, 2.05) is 0 Å². The number of carbonyl (C=O) groups excluding carboxylic acids is 2. The van der Waals surface area contributed by atoms with Crippen LogP contribution in [-0.2, 0) is 19.1 Å². The van der Waals surface area contributed by atoms with Crippen LogP contribution in [0.2, 0.25) is 0 Å². The van der Waals surface area contributed by atoms with E-state index in [0.29, 0.717) is 25.1 Å². The summed E-state index contributed by atoms with van der Waals surface area (Å²) in [6, 6.07) is 0. The molecule has 150 valence electrons. The van der Waals surface area contributed by atoms with Crippen molar-refractivity contribution >= 4 is 11.9 Å². The largest absolute Gasteiger partial charge is 0.797 e. The van der Waals surface area contributed by atoms with E-state index >= 15 is 0 Å². The van der Waals surface area contributed by atoms with Crippen LogP contribution in [0.4, 0.5) is 0 Å². The summed E-state index contributed by atoms with van der Waals surface area (Å²) in [6.45, 7) is 3.07. The summed E-state index contributed by atoms with van der Waals surface area (Å²) in [5.74, 6) is -2.41. The zero-order valence-electron chi connectivity index (χ0n) is 15.9. The van der Waals surface area contributed by atoms with Crippen molar-refractivity contribution in [3.05, 3.63) is 23.3 Å². The van der Waals surface area contributed by atoms with Gasteiger partial charge in [-0.3, -0.25) is 0 Å². The maximum atomic E-state index is 13.8. The molecule has 0 radical (unpaired) electrons. The molecule has 8 nitrogen and oxygen atoms in total. The lowest BCUT2D eigenvalue weighted by atomic mass is 9.84.